The van der Waals surface area contributed by atoms with Crippen molar-refractivity contribution < 1.29 is 54.2 Å². The van der Waals surface area contributed by atoms with E-state index >= 15 is 0 Å². The first-order chi connectivity index (χ1) is 12.5. The van der Waals surface area contributed by atoms with Crippen LogP contribution in [0.15, 0.2) is 24.3 Å². The maximum Gasteiger partial charge on any atom is 0.348 e. The quantitative estimate of drug-likeness (QED) is 0.278. The van der Waals surface area contributed by atoms with Gasteiger partial charge in [-0.25, -0.2) is 14.4 Å². The van der Waals surface area contributed by atoms with Crippen LogP contribution in [0.4, 0.5) is 0 Å². The number of phenolic OH excluding ortho intramolecular Hbond substituents is 1. The average molecular weight is 384 g/mol. The summed E-state index contributed by atoms with van der Waals surface area (Å²) in [5, 5.41) is 46.1. The molecular weight excluding hydrogens is 368 g/mol. The number of carboxylic acid groups (broad SMARTS) is 3. The second-order valence-corrected chi connectivity index (χ2v) is 5.22. The van der Waals surface area contributed by atoms with E-state index < -0.39 is 42.0 Å². The lowest BCUT2D eigenvalue weighted by atomic mass is 9.92. The molecule has 0 aliphatic heterocycles. The van der Waals surface area contributed by atoms with E-state index in [0.29, 0.717) is 5.56 Å². The summed E-state index contributed by atoms with van der Waals surface area (Å²) in [6.07, 6.45) is -2.31. The molecule has 2 unspecified atom stereocenters. The summed E-state index contributed by atoms with van der Waals surface area (Å²) in [6, 6.07) is 3.99. The van der Waals surface area contributed by atoms with Crippen LogP contribution in [0, 0.1) is 0 Å². The van der Waals surface area contributed by atoms with Gasteiger partial charge in [0.15, 0.2) is 11.5 Å². The fraction of sp³-hybridized carbons (Fsp3) is 0.250. The molecular formula is C16H16O11. The third-order valence-corrected chi connectivity index (χ3v) is 3.30. The predicted molar refractivity (Wildman–Crippen MR) is 86.0 cm³/mol. The highest BCUT2D eigenvalue weighted by molar-refractivity contribution is 5.94. The van der Waals surface area contributed by atoms with Crippen LogP contribution in [0.25, 0.3) is 6.08 Å². The van der Waals surface area contributed by atoms with Crippen LogP contribution >= 0.6 is 0 Å². The Bertz CT molecular complexity index is 783. The van der Waals surface area contributed by atoms with Gasteiger partial charge >= 0.3 is 23.9 Å². The van der Waals surface area contributed by atoms with Crippen molar-refractivity contribution in [2.45, 2.75) is 18.1 Å². The number of ether oxygens (including phenoxy) is 2. The van der Waals surface area contributed by atoms with Gasteiger partial charge in [0.1, 0.15) is 0 Å². The van der Waals surface area contributed by atoms with E-state index in [2.05, 4.69) is 4.74 Å². The molecule has 0 saturated heterocycles. The van der Waals surface area contributed by atoms with E-state index in [4.69, 9.17) is 20.1 Å². The number of carbonyl (C=O) groups is 4. The van der Waals surface area contributed by atoms with Gasteiger partial charge in [-0.05, 0) is 23.8 Å². The standard InChI is InChI=1S/C16H16O11/c1-26-10-6-8(2-4-9(10)17)3-5-12(20)27-13(14(21)22)16(25,15(23)24)7-11(18)19/h2-6,13,17,25H,7H2,1H3,(H,18,19)(H,21,22)(H,23,24)/b5-3+. The van der Waals surface area contributed by atoms with Crippen LogP contribution in [0.5, 0.6) is 11.5 Å². The van der Waals surface area contributed by atoms with Crippen LogP contribution < -0.4 is 4.74 Å². The van der Waals surface area contributed by atoms with Crippen molar-refractivity contribution in [2.24, 2.45) is 0 Å². The third-order valence-electron chi connectivity index (χ3n) is 3.30. The molecule has 11 heteroatoms. The number of hydrogen-bond acceptors (Lipinski definition) is 8. The third kappa shape index (κ3) is 5.44. The molecule has 1 aromatic rings. The first kappa shape index (κ1) is 21.4. The molecule has 0 heterocycles. The number of aromatic hydroxyl groups is 1. The molecule has 0 bridgehead atoms. The van der Waals surface area contributed by atoms with Gasteiger partial charge in [0.05, 0.1) is 13.5 Å². The smallest absolute Gasteiger partial charge is 0.348 e. The molecule has 0 amide bonds. The number of rotatable bonds is 9. The summed E-state index contributed by atoms with van der Waals surface area (Å²) in [5.74, 6) is -7.46. The summed E-state index contributed by atoms with van der Waals surface area (Å²) in [7, 11) is 1.30. The van der Waals surface area contributed by atoms with Gasteiger partial charge in [-0.1, -0.05) is 6.07 Å². The van der Waals surface area contributed by atoms with Crippen molar-refractivity contribution in [3.8, 4) is 11.5 Å². The van der Waals surface area contributed by atoms with Gasteiger partial charge in [-0.3, -0.25) is 4.79 Å². The van der Waals surface area contributed by atoms with Crippen molar-refractivity contribution in [1.29, 1.82) is 0 Å². The van der Waals surface area contributed by atoms with E-state index in [0.717, 1.165) is 12.2 Å². The number of aliphatic hydroxyl groups is 1. The molecule has 0 radical (unpaired) electrons. The molecule has 27 heavy (non-hydrogen) atoms. The molecule has 5 N–H and O–H groups in total. The van der Waals surface area contributed by atoms with Crippen LogP contribution in [-0.4, -0.2) is 68.2 Å². The summed E-state index contributed by atoms with van der Waals surface area (Å²) in [5.41, 5.74) is -3.03. The molecule has 0 aliphatic rings. The summed E-state index contributed by atoms with van der Waals surface area (Å²) < 4.78 is 9.31. The van der Waals surface area contributed by atoms with Crippen molar-refractivity contribution in [3.63, 3.8) is 0 Å². The van der Waals surface area contributed by atoms with Gasteiger partial charge < -0.3 is 35.0 Å². The normalized spacial score (nSPS) is 14.1. The first-order valence-corrected chi connectivity index (χ1v) is 7.17. The van der Waals surface area contributed by atoms with Crippen LogP contribution in [0.2, 0.25) is 0 Å². The van der Waals surface area contributed by atoms with E-state index in [1.807, 2.05) is 0 Å². The number of carbonyl (C=O) groups excluding carboxylic acids is 1. The fourth-order valence-corrected chi connectivity index (χ4v) is 1.98. The number of benzene rings is 1. The Labute approximate surface area is 151 Å². The molecule has 0 saturated carbocycles. The second kappa shape index (κ2) is 8.67. The largest absolute Gasteiger partial charge is 0.504 e. The Morgan fingerprint density at radius 2 is 1.81 bits per heavy atom. The minimum Gasteiger partial charge on any atom is -0.504 e. The van der Waals surface area contributed by atoms with Crippen molar-refractivity contribution in [3.05, 3.63) is 29.8 Å². The number of hydrogen-bond donors (Lipinski definition) is 5. The van der Waals surface area contributed by atoms with Crippen LogP contribution in [0.1, 0.15) is 12.0 Å². The maximum absolute atomic E-state index is 11.8. The zero-order chi connectivity index (χ0) is 20.8. The molecule has 0 fully saturated rings. The lowest BCUT2D eigenvalue weighted by molar-refractivity contribution is -0.195. The molecule has 0 aromatic heterocycles. The number of carboxylic acids is 3. The topological polar surface area (TPSA) is 188 Å². The molecule has 146 valence electrons. The molecule has 11 nitrogen and oxygen atoms in total. The van der Waals surface area contributed by atoms with Gasteiger partial charge in [0.2, 0.25) is 11.7 Å². The Kier molecular flexibility index (Phi) is 6.88. The lowest BCUT2D eigenvalue weighted by Gasteiger charge is -2.27. The van der Waals surface area contributed by atoms with E-state index in [9.17, 15) is 29.4 Å². The molecule has 1 aromatic carbocycles. The summed E-state index contributed by atoms with van der Waals surface area (Å²) in [4.78, 5) is 44.9. The van der Waals surface area contributed by atoms with Crippen LogP contribution in [-0.2, 0) is 23.9 Å². The fourth-order valence-electron chi connectivity index (χ4n) is 1.98. The molecule has 0 aliphatic carbocycles. The number of methoxy groups -OCH3 is 1. The highest BCUT2D eigenvalue weighted by atomic mass is 16.6. The van der Waals surface area contributed by atoms with Crippen molar-refractivity contribution in [1.82, 2.24) is 0 Å². The molecule has 2 atom stereocenters. The minimum absolute atomic E-state index is 0.0932. The van der Waals surface area contributed by atoms with Gasteiger partial charge in [0, 0.05) is 6.08 Å². The van der Waals surface area contributed by atoms with Gasteiger partial charge in [-0.15, -0.1) is 0 Å². The minimum atomic E-state index is -3.37. The monoisotopic (exact) mass is 384 g/mol. The number of esters is 1. The SMILES string of the molecule is COc1cc(/C=C/C(=O)OC(C(=O)O)C(O)(CC(=O)O)C(=O)O)ccc1O. The molecule has 0 spiro atoms. The highest BCUT2D eigenvalue weighted by Gasteiger charge is 2.52. The van der Waals surface area contributed by atoms with Crippen LogP contribution in [0.3, 0.4) is 0 Å². The number of phenols is 1. The number of aliphatic carboxylic acids is 3. The van der Waals surface area contributed by atoms with E-state index in [1.165, 1.54) is 25.3 Å². The first-order valence-electron chi connectivity index (χ1n) is 7.17. The van der Waals surface area contributed by atoms with Crippen molar-refractivity contribution >= 4 is 30.0 Å². The molecule has 1 rings (SSSR count). The predicted octanol–water partition coefficient (Wildman–Crippen LogP) is -0.299. The summed E-state index contributed by atoms with van der Waals surface area (Å²) in [6.45, 7) is 0. The Balaban J connectivity index is 3.03. The average Bonchev–Trinajstić information content (AvgIpc) is 2.57. The highest BCUT2D eigenvalue weighted by Crippen LogP contribution is 2.27. The summed E-state index contributed by atoms with van der Waals surface area (Å²) >= 11 is 0. The van der Waals surface area contributed by atoms with Gasteiger partial charge in [-0.2, -0.15) is 0 Å². The zero-order valence-corrected chi connectivity index (χ0v) is 13.9. The maximum atomic E-state index is 11.8. The lowest BCUT2D eigenvalue weighted by Crippen LogP contribution is -2.56. The van der Waals surface area contributed by atoms with E-state index in [1.54, 1.807) is 0 Å². The Morgan fingerprint density at radius 1 is 1.19 bits per heavy atom. The second-order valence-electron chi connectivity index (χ2n) is 5.22. The Morgan fingerprint density at radius 3 is 2.30 bits per heavy atom. The van der Waals surface area contributed by atoms with Crippen molar-refractivity contribution in [2.75, 3.05) is 7.11 Å². The zero-order valence-electron chi connectivity index (χ0n) is 13.9. The van der Waals surface area contributed by atoms with Gasteiger partial charge in [0.25, 0.3) is 0 Å². The Hall–Kier alpha value is -3.60. The van der Waals surface area contributed by atoms with E-state index in [-0.39, 0.29) is 11.5 Å².